The van der Waals surface area contributed by atoms with Crippen LogP contribution < -0.4 is 5.32 Å². The van der Waals surface area contributed by atoms with Crippen molar-refractivity contribution in [3.63, 3.8) is 0 Å². The molecule has 0 unspecified atom stereocenters. The number of rotatable bonds is 6. The maximum atomic E-state index is 13.9. The third-order valence-electron chi connectivity index (χ3n) is 7.97. The molecule has 1 N–H and O–H groups in total. The second kappa shape index (κ2) is 11.6. The van der Waals surface area contributed by atoms with Crippen LogP contribution in [0.4, 0.5) is 4.39 Å². The van der Waals surface area contributed by atoms with E-state index in [2.05, 4.69) is 12.2 Å². The van der Waals surface area contributed by atoms with E-state index in [0.717, 1.165) is 17.5 Å². The topological polar surface area (TPSA) is 79.0 Å². The highest BCUT2D eigenvalue weighted by Gasteiger charge is 2.54. The second-order valence-corrected chi connectivity index (χ2v) is 10.4. The van der Waals surface area contributed by atoms with Gasteiger partial charge in [0.05, 0.1) is 12.6 Å². The Labute approximate surface area is 233 Å². The SMILES string of the molecule is CCc1ccc(C(=O)N2CCC3(CC2)OC[C@H](C(=O)N[C@H](C)c2ccccc2)N3C(=O)c2ccc(F)cc2)cc1. The standard InChI is InChI=1S/C32H34FN3O4/c1-3-23-9-11-25(12-10-23)30(38)35-19-17-32(18-20-35)36(31(39)26-13-15-27(33)16-14-26)28(21-40-32)29(37)34-22(2)24-7-5-4-6-8-24/h4-16,22,28H,3,17-21H2,1-2H3,(H,34,37)/t22-,28-/m1/s1. The van der Waals surface area contributed by atoms with E-state index in [1.54, 1.807) is 4.90 Å². The Bertz CT molecular complexity index is 1350. The number of ether oxygens (including phenoxy) is 1. The van der Waals surface area contributed by atoms with Gasteiger partial charge in [0, 0.05) is 37.1 Å². The summed E-state index contributed by atoms with van der Waals surface area (Å²) >= 11 is 0. The highest BCUT2D eigenvalue weighted by Crippen LogP contribution is 2.39. The van der Waals surface area contributed by atoms with Crippen LogP contribution in [-0.2, 0) is 16.0 Å². The molecule has 208 valence electrons. The Balaban J connectivity index is 1.36. The zero-order chi connectivity index (χ0) is 28.3. The van der Waals surface area contributed by atoms with E-state index < -0.39 is 23.5 Å². The van der Waals surface area contributed by atoms with Crippen LogP contribution in [0, 0.1) is 5.82 Å². The lowest BCUT2D eigenvalue weighted by Gasteiger charge is -2.44. The van der Waals surface area contributed by atoms with Crippen LogP contribution in [0.15, 0.2) is 78.9 Å². The van der Waals surface area contributed by atoms with Gasteiger partial charge in [0.1, 0.15) is 17.6 Å². The molecule has 8 heteroatoms. The van der Waals surface area contributed by atoms with Crippen LogP contribution >= 0.6 is 0 Å². The van der Waals surface area contributed by atoms with Gasteiger partial charge in [-0.1, -0.05) is 49.4 Å². The van der Waals surface area contributed by atoms with Crippen molar-refractivity contribution < 1.29 is 23.5 Å². The molecule has 2 heterocycles. The highest BCUT2D eigenvalue weighted by molar-refractivity contribution is 5.98. The number of likely N-dealkylation sites (tertiary alicyclic amines) is 1. The van der Waals surface area contributed by atoms with Crippen LogP contribution in [0.2, 0.25) is 0 Å². The van der Waals surface area contributed by atoms with Crippen molar-refractivity contribution in [2.75, 3.05) is 19.7 Å². The number of nitrogens with one attached hydrogen (secondary N) is 1. The Morgan fingerprint density at radius 2 is 1.52 bits per heavy atom. The predicted octanol–water partition coefficient (Wildman–Crippen LogP) is 4.74. The number of hydrogen-bond donors (Lipinski definition) is 1. The molecule has 2 aliphatic heterocycles. The summed E-state index contributed by atoms with van der Waals surface area (Å²) in [7, 11) is 0. The summed E-state index contributed by atoms with van der Waals surface area (Å²) in [6.07, 6.45) is 1.61. The molecule has 7 nitrogen and oxygen atoms in total. The second-order valence-electron chi connectivity index (χ2n) is 10.4. The minimum Gasteiger partial charge on any atom is -0.353 e. The van der Waals surface area contributed by atoms with Gasteiger partial charge in [0.15, 0.2) is 0 Å². The van der Waals surface area contributed by atoms with Gasteiger partial charge < -0.3 is 15.0 Å². The van der Waals surface area contributed by atoms with Crippen LogP contribution in [0.3, 0.4) is 0 Å². The third kappa shape index (κ3) is 5.49. The van der Waals surface area contributed by atoms with E-state index in [4.69, 9.17) is 4.74 Å². The van der Waals surface area contributed by atoms with Crippen LogP contribution in [-0.4, -0.2) is 59.0 Å². The van der Waals surface area contributed by atoms with Gasteiger partial charge in [-0.3, -0.25) is 19.3 Å². The van der Waals surface area contributed by atoms with Crippen LogP contribution in [0.1, 0.15) is 64.6 Å². The maximum absolute atomic E-state index is 13.9. The number of amides is 3. The van der Waals surface area contributed by atoms with Crippen molar-refractivity contribution >= 4 is 17.7 Å². The summed E-state index contributed by atoms with van der Waals surface area (Å²) in [5.74, 6) is -1.25. The lowest BCUT2D eigenvalue weighted by Crippen LogP contribution is -2.60. The van der Waals surface area contributed by atoms with Gasteiger partial charge in [-0.25, -0.2) is 4.39 Å². The molecule has 3 aromatic carbocycles. The summed E-state index contributed by atoms with van der Waals surface area (Å²) in [5.41, 5.74) is 1.95. The molecule has 0 saturated carbocycles. The molecule has 0 aliphatic carbocycles. The van der Waals surface area contributed by atoms with E-state index in [0.29, 0.717) is 31.5 Å². The minimum absolute atomic E-state index is 0.0344. The average Bonchev–Trinajstić information content (AvgIpc) is 3.36. The van der Waals surface area contributed by atoms with Gasteiger partial charge in [-0.2, -0.15) is 0 Å². The van der Waals surface area contributed by atoms with E-state index in [9.17, 15) is 18.8 Å². The van der Waals surface area contributed by atoms with Gasteiger partial charge >= 0.3 is 0 Å². The first-order valence-electron chi connectivity index (χ1n) is 13.8. The quantitative estimate of drug-likeness (QED) is 0.487. The number of nitrogens with zero attached hydrogens (tertiary/aromatic N) is 2. The first kappa shape index (κ1) is 27.5. The molecule has 3 aromatic rings. The predicted molar refractivity (Wildman–Crippen MR) is 149 cm³/mol. The summed E-state index contributed by atoms with van der Waals surface area (Å²) in [5, 5.41) is 3.03. The lowest BCUT2D eigenvalue weighted by molar-refractivity contribution is -0.128. The lowest BCUT2D eigenvalue weighted by atomic mass is 9.95. The number of piperidine rings is 1. The number of carbonyl (C=O) groups excluding carboxylic acids is 3. The molecule has 2 aliphatic rings. The number of benzene rings is 3. The smallest absolute Gasteiger partial charge is 0.256 e. The first-order chi connectivity index (χ1) is 19.3. The molecule has 40 heavy (non-hydrogen) atoms. The Morgan fingerprint density at radius 3 is 2.15 bits per heavy atom. The fourth-order valence-electron chi connectivity index (χ4n) is 5.56. The number of aryl methyl sites for hydroxylation is 1. The van der Waals surface area contributed by atoms with E-state index in [1.165, 1.54) is 29.2 Å². The number of hydrogen-bond acceptors (Lipinski definition) is 4. The largest absolute Gasteiger partial charge is 0.353 e. The summed E-state index contributed by atoms with van der Waals surface area (Å²) in [6, 6.07) is 21.4. The van der Waals surface area contributed by atoms with Crippen molar-refractivity contribution in [3.8, 4) is 0 Å². The molecule has 0 bridgehead atoms. The third-order valence-corrected chi connectivity index (χ3v) is 7.97. The van der Waals surface area contributed by atoms with Crippen molar-refractivity contribution in [2.24, 2.45) is 0 Å². The number of halogens is 1. The number of carbonyl (C=O) groups is 3. The molecule has 2 atom stereocenters. The fourth-order valence-corrected chi connectivity index (χ4v) is 5.56. The van der Waals surface area contributed by atoms with E-state index in [-0.39, 0.29) is 30.0 Å². The maximum Gasteiger partial charge on any atom is 0.256 e. The zero-order valence-corrected chi connectivity index (χ0v) is 22.8. The molecular formula is C32H34FN3O4. The van der Waals surface area contributed by atoms with Gasteiger partial charge in [-0.15, -0.1) is 0 Å². The van der Waals surface area contributed by atoms with Gasteiger partial charge in [0.25, 0.3) is 11.8 Å². The molecular weight excluding hydrogens is 509 g/mol. The molecule has 0 radical (unpaired) electrons. The fraction of sp³-hybridized carbons (Fsp3) is 0.344. The molecule has 3 amide bonds. The van der Waals surface area contributed by atoms with Crippen LogP contribution in [0.25, 0.3) is 0 Å². The summed E-state index contributed by atoms with van der Waals surface area (Å²) in [6.45, 7) is 4.73. The molecule has 2 saturated heterocycles. The van der Waals surface area contributed by atoms with E-state index in [1.807, 2.05) is 61.5 Å². The monoisotopic (exact) mass is 543 g/mol. The summed E-state index contributed by atoms with van der Waals surface area (Å²) in [4.78, 5) is 43.9. The Morgan fingerprint density at radius 1 is 0.925 bits per heavy atom. The first-order valence-corrected chi connectivity index (χ1v) is 13.8. The van der Waals surface area contributed by atoms with Crippen molar-refractivity contribution in [1.29, 1.82) is 0 Å². The van der Waals surface area contributed by atoms with Crippen molar-refractivity contribution in [2.45, 2.75) is 50.9 Å². The average molecular weight is 544 g/mol. The van der Waals surface area contributed by atoms with E-state index >= 15 is 0 Å². The normalized spacial score (nSPS) is 18.9. The Kier molecular flexibility index (Phi) is 7.98. The summed E-state index contributed by atoms with van der Waals surface area (Å²) < 4.78 is 19.9. The van der Waals surface area contributed by atoms with Crippen molar-refractivity contribution in [1.82, 2.24) is 15.1 Å². The molecule has 5 rings (SSSR count). The molecule has 2 fully saturated rings. The minimum atomic E-state index is -1.05. The van der Waals surface area contributed by atoms with Crippen LogP contribution in [0.5, 0.6) is 0 Å². The Hall–Kier alpha value is -4.04. The zero-order valence-electron chi connectivity index (χ0n) is 22.8. The van der Waals surface area contributed by atoms with Gasteiger partial charge in [0.2, 0.25) is 5.91 Å². The van der Waals surface area contributed by atoms with Gasteiger partial charge in [-0.05, 0) is 60.9 Å². The molecule has 1 spiro atoms. The highest BCUT2D eigenvalue weighted by atomic mass is 19.1. The molecule has 0 aromatic heterocycles. The van der Waals surface area contributed by atoms with Crippen molar-refractivity contribution in [3.05, 3.63) is 107 Å².